The molecule has 4 heteroatoms. The first-order valence-corrected chi connectivity index (χ1v) is 6.83. The highest BCUT2D eigenvalue weighted by atomic mass is 16.5. The average Bonchev–Trinajstić information content (AvgIpc) is 2.45. The number of carbonyl (C=O) groups excluding carboxylic acids is 1. The molecule has 1 aromatic rings. The minimum absolute atomic E-state index is 0.148. The summed E-state index contributed by atoms with van der Waals surface area (Å²) in [5, 5.41) is 6.38. The summed E-state index contributed by atoms with van der Waals surface area (Å²) in [5.41, 5.74) is 1.09. The fraction of sp³-hybridized carbons (Fsp3) is 0.533. The van der Waals surface area contributed by atoms with Crippen LogP contribution in [0.25, 0.3) is 0 Å². The van der Waals surface area contributed by atoms with Crippen molar-refractivity contribution in [1.82, 2.24) is 10.6 Å². The Balaban J connectivity index is 1.82. The summed E-state index contributed by atoms with van der Waals surface area (Å²) in [7, 11) is 1.65. The van der Waals surface area contributed by atoms with Gasteiger partial charge in [0.15, 0.2) is 0 Å². The van der Waals surface area contributed by atoms with Crippen molar-refractivity contribution in [2.45, 2.75) is 32.4 Å². The summed E-state index contributed by atoms with van der Waals surface area (Å²) in [6.07, 6.45) is 1.85. The second-order valence-electron chi connectivity index (χ2n) is 5.14. The second-order valence-corrected chi connectivity index (χ2v) is 5.14. The van der Waals surface area contributed by atoms with Crippen molar-refractivity contribution in [2.75, 3.05) is 13.7 Å². The van der Waals surface area contributed by atoms with E-state index in [-0.39, 0.29) is 11.8 Å². The van der Waals surface area contributed by atoms with E-state index in [1.54, 1.807) is 7.11 Å². The van der Waals surface area contributed by atoms with Crippen LogP contribution < -0.4 is 15.4 Å². The smallest absolute Gasteiger partial charge is 0.223 e. The predicted octanol–water partition coefficient (Wildman–Crippen LogP) is 1.70. The number of carbonyl (C=O) groups is 1. The molecule has 0 aromatic heterocycles. The van der Waals surface area contributed by atoms with Gasteiger partial charge in [0.25, 0.3) is 0 Å². The number of nitrogens with one attached hydrogen (secondary N) is 2. The van der Waals surface area contributed by atoms with Crippen molar-refractivity contribution in [1.29, 1.82) is 0 Å². The fourth-order valence-corrected chi connectivity index (χ4v) is 2.45. The van der Waals surface area contributed by atoms with Crippen LogP contribution in [0.2, 0.25) is 0 Å². The molecular formula is C15H22N2O2. The van der Waals surface area contributed by atoms with Gasteiger partial charge in [-0.05, 0) is 44.0 Å². The van der Waals surface area contributed by atoms with Crippen molar-refractivity contribution in [2.24, 2.45) is 5.92 Å². The van der Waals surface area contributed by atoms with E-state index < -0.39 is 0 Å². The van der Waals surface area contributed by atoms with E-state index in [9.17, 15) is 4.79 Å². The molecule has 1 fully saturated rings. The maximum atomic E-state index is 12.1. The normalized spacial score (nSPS) is 22.8. The monoisotopic (exact) mass is 262 g/mol. The first kappa shape index (κ1) is 13.9. The van der Waals surface area contributed by atoms with Crippen molar-refractivity contribution >= 4 is 5.91 Å². The van der Waals surface area contributed by atoms with E-state index in [1.165, 1.54) is 0 Å². The SMILES string of the molecule is COc1ccc(CNC(=O)C2CCNC(C)C2)cc1. The molecule has 0 saturated carbocycles. The van der Waals surface area contributed by atoms with Gasteiger partial charge in [0.2, 0.25) is 5.91 Å². The van der Waals surface area contributed by atoms with E-state index in [1.807, 2.05) is 24.3 Å². The van der Waals surface area contributed by atoms with Gasteiger partial charge in [0, 0.05) is 18.5 Å². The third kappa shape index (κ3) is 3.96. The highest BCUT2D eigenvalue weighted by Gasteiger charge is 2.24. The zero-order chi connectivity index (χ0) is 13.7. The van der Waals surface area contributed by atoms with Gasteiger partial charge in [-0.2, -0.15) is 0 Å². The zero-order valence-electron chi connectivity index (χ0n) is 11.6. The van der Waals surface area contributed by atoms with Crippen molar-refractivity contribution in [3.63, 3.8) is 0 Å². The van der Waals surface area contributed by atoms with Crippen LogP contribution in [0.4, 0.5) is 0 Å². The van der Waals surface area contributed by atoms with Crippen molar-refractivity contribution < 1.29 is 9.53 Å². The number of ether oxygens (including phenoxy) is 1. The number of amides is 1. The van der Waals surface area contributed by atoms with Crippen molar-refractivity contribution in [3.05, 3.63) is 29.8 Å². The standard InChI is InChI=1S/C15H22N2O2/c1-11-9-13(7-8-16-11)15(18)17-10-12-3-5-14(19-2)6-4-12/h3-6,11,13,16H,7-10H2,1-2H3,(H,17,18). The molecule has 19 heavy (non-hydrogen) atoms. The molecule has 104 valence electrons. The lowest BCUT2D eigenvalue weighted by Crippen LogP contribution is -2.42. The lowest BCUT2D eigenvalue weighted by atomic mass is 9.92. The fourth-order valence-electron chi connectivity index (χ4n) is 2.45. The average molecular weight is 262 g/mol. The number of hydrogen-bond donors (Lipinski definition) is 2. The van der Waals surface area contributed by atoms with Crippen LogP contribution in [0.15, 0.2) is 24.3 Å². The summed E-state index contributed by atoms with van der Waals surface area (Å²) in [6, 6.07) is 8.21. The topological polar surface area (TPSA) is 50.4 Å². The van der Waals surface area contributed by atoms with Gasteiger partial charge < -0.3 is 15.4 Å². The van der Waals surface area contributed by atoms with Gasteiger partial charge in [-0.1, -0.05) is 12.1 Å². The van der Waals surface area contributed by atoms with Gasteiger partial charge in [-0.25, -0.2) is 0 Å². The van der Waals surface area contributed by atoms with Crippen LogP contribution in [0.5, 0.6) is 5.75 Å². The molecule has 1 aliphatic heterocycles. The molecule has 2 rings (SSSR count). The quantitative estimate of drug-likeness (QED) is 0.868. The van der Waals surface area contributed by atoms with E-state index in [4.69, 9.17) is 4.74 Å². The number of hydrogen-bond acceptors (Lipinski definition) is 3. The molecule has 2 unspecified atom stereocenters. The molecular weight excluding hydrogens is 240 g/mol. The van der Waals surface area contributed by atoms with Gasteiger partial charge in [-0.15, -0.1) is 0 Å². The van der Waals surface area contributed by atoms with E-state index in [2.05, 4.69) is 17.6 Å². The van der Waals surface area contributed by atoms with E-state index in [0.29, 0.717) is 12.6 Å². The Bertz CT molecular complexity index is 417. The summed E-state index contributed by atoms with van der Waals surface area (Å²) < 4.78 is 5.11. The number of rotatable bonds is 4. The van der Waals surface area contributed by atoms with Gasteiger partial charge in [-0.3, -0.25) is 4.79 Å². The first-order valence-electron chi connectivity index (χ1n) is 6.83. The number of benzene rings is 1. The van der Waals surface area contributed by atoms with Crippen LogP contribution in [0.3, 0.4) is 0 Å². The van der Waals surface area contributed by atoms with Crippen LogP contribution in [0, 0.1) is 5.92 Å². The molecule has 0 radical (unpaired) electrons. The summed E-state index contributed by atoms with van der Waals surface area (Å²) in [6.45, 7) is 3.64. The zero-order valence-corrected chi connectivity index (χ0v) is 11.6. The lowest BCUT2D eigenvalue weighted by Gasteiger charge is -2.27. The Labute approximate surface area is 114 Å². The summed E-state index contributed by atoms with van der Waals surface area (Å²) in [4.78, 5) is 12.1. The van der Waals surface area contributed by atoms with Crippen LogP contribution in [-0.2, 0) is 11.3 Å². The molecule has 2 N–H and O–H groups in total. The maximum absolute atomic E-state index is 12.1. The minimum atomic E-state index is 0.148. The highest BCUT2D eigenvalue weighted by Crippen LogP contribution is 2.16. The van der Waals surface area contributed by atoms with Gasteiger partial charge >= 0.3 is 0 Å². The number of methoxy groups -OCH3 is 1. The Morgan fingerprint density at radius 3 is 2.79 bits per heavy atom. The molecule has 1 aliphatic rings. The van der Waals surface area contributed by atoms with Gasteiger partial charge in [0.1, 0.15) is 5.75 Å². The Morgan fingerprint density at radius 2 is 2.16 bits per heavy atom. The molecule has 1 amide bonds. The summed E-state index contributed by atoms with van der Waals surface area (Å²) >= 11 is 0. The molecule has 1 aromatic carbocycles. The molecule has 0 bridgehead atoms. The van der Waals surface area contributed by atoms with E-state index >= 15 is 0 Å². The number of piperidine rings is 1. The van der Waals surface area contributed by atoms with Crippen LogP contribution in [0.1, 0.15) is 25.3 Å². The third-order valence-corrected chi connectivity index (χ3v) is 3.62. The largest absolute Gasteiger partial charge is 0.497 e. The molecule has 0 aliphatic carbocycles. The van der Waals surface area contributed by atoms with Crippen LogP contribution >= 0.6 is 0 Å². The molecule has 2 atom stereocenters. The third-order valence-electron chi connectivity index (χ3n) is 3.62. The highest BCUT2D eigenvalue weighted by molar-refractivity contribution is 5.78. The van der Waals surface area contributed by atoms with E-state index in [0.717, 1.165) is 30.7 Å². The molecule has 1 heterocycles. The molecule has 1 saturated heterocycles. The van der Waals surface area contributed by atoms with Crippen LogP contribution in [-0.4, -0.2) is 25.6 Å². The lowest BCUT2D eigenvalue weighted by molar-refractivity contribution is -0.126. The van der Waals surface area contributed by atoms with Gasteiger partial charge in [0.05, 0.1) is 7.11 Å². The Hall–Kier alpha value is -1.55. The summed E-state index contributed by atoms with van der Waals surface area (Å²) in [5.74, 6) is 1.15. The Kier molecular flexibility index (Phi) is 4.80. The first-order chi connectivity index (χ1) is 9.19. The minimum Gasteiger partial charge on any atom is -0.497 e. The van der Waals surface area contributed by atoms with Crippen molar-refractivity contribution in [3.8, 4) is 5.75 Å². The predicted molar refractivity (Wildman–Crippen MR) is 75.0 cm³/mol. The molecule has 0 spiro atoms. The maximum Gasteiger partial charge on any atom is 0.223 e. The molecule has 4 nitrogen and oxygen atoms in total. The Morgan fingerprint density at radius 1 is 1.42 bits per heavy atom. The second kappa shape index (κ2) is 6.57.